The van der Waals surface area contributed by atoms with Gasteiger partial charge >= 0.3 is 0 Å². The van der Waals surface area contributed by atoms with Gasteiger partial charge in [0.2, 0.25) is 0 Å². The van der Waals surface area contributed by atoms with Crippen LogP contribution in [0.5, 0.6) is 0 Å². The van der Waals surface area contributed by atoms with Gasteiger partial charge in [-0.05, 0) is 18.6 Å². The molecule has 110 valence electrons. The van der Waals surface area contributed by atoms with Gasteiger partial charge in [-0.3, -0.25) is 9.59 Å². The Labute approximate surface area is 118 Å². The number of ether oxygens (including phenoxy) is 1. The SMILES string of the molecule is COCCCn1cccc(C(=O)N2CCNCC2)c1=O. The molecule has 6 nitrogen and oxygen atoms in total. The molecule has 1 aliphatic rings. The van der Waals surface area contributed by atoms with E-state index in [1.807, 2.05) is 0 Å². The highest BCUT2D eigenvalue weighted by atomic mass is 16.5. The summed E-state index contributed by atoms with van der Waals surface area (Å²) in [6, 6.07) is 3.36. The highest BCUT2D eigenvalue weighted by molar-refractivity contribution is 5.93. The van der Waals surface area contributed by atoms with E-state index in [1.54, 1.807) is 34.9 Å². The van der Waals surface area contributed by atoms with Crippen LogP contribution in [-0.4, -0.2) is 55.3 Å². The largest absolute Gasteiger partial charge is 0.385 e. The van der Waals surface area contributed by atoms with Crippen LogP contribution < -0.4 is 10.9 Å². The maximum Gasteiger partial charge on any atom is 0.263 e. The second-order valence-corrected chi connectivity index (χ2v) is 4.81. The zero-order chi connectivity index (χ0) is 14.4. The van der Waals surface area contributed by atoms with Crippen molar-refractivity contribution >= 4 is 5.91 Å². The van der Waals surface area contributed by atoms with E-state index in [4.69, 9.17) is 4.74 Å². The number of nitrogens with one attached hydrogen (secondary N) is 1. The van der Waals surface area contributed by atoms with Gasteiger partial charge in [0.05, 0.1) is 0 Å². The zero-order valence-electron chi connectivity index (χ0n) is 11.8. The quantitative estimate of drug-likeness (QED) is 0.766. The van der Waals surface area contributed by atoms with Gasteiger partial charge in [-0.2, -0.15) is 0 Å². The Morgan fingerprint density at radius 2 is 2.15 bits per heavy atom. The average molecular weight is 279 g/mol. The van der Waals surface area contributed by atoms with Gasteiger partial charge in [0.1, 0.15) is 5.56 Å². The standard InChI is InChI=1S/C14H21N3O3/c1-20-11-3-8-16-7-2-4-12(13(16)18)14(19)17-9-5-15-6-10-17/h2,4,7,15H,3,5-6,8-11H2,1H3. The Morgan fingerprint density at radius 1 is 1.40 bits per heavy atom. The van der Waals surface area contributed by atoms with Crippen LogP contribution in [0.4, 0.5) is 0 Å². The van der Waals surface area contributed by atoms with Gasteiger partial charge in [-0.1, -0.05) is 0 Å². The molecule has 1 N–H and O–H groups in total. The number of carbonyl (C=O) groups excluding carboxylic acids is 1. The maximum absolute atomic E-state index is 12.4. The summed E-state index contributed by atoms with van der Waals surface area (Å²) in [5.41, 5.74) is 0.0407. The first-order valence-electron chi connectivity index (χ1n) is 6.92. The van der Waals surface area contributed by atoms with E-state index in [9.17, 15) is 9.59 Å². The predicted octanol–water partition coefficient (Wildman–Crippen LogP) is -0.0698. The number of methoxy groups -OCH3 is 1. The maximum atomic E-state index is 12.4. The number of rotatable bonds is 5. The molecule has 0 aromatic carbocycles. The fraction of sp³-hybridized carbons (Fsp3) is 0.571. The monoisotopic (exact) mass is 279 g/mol. The highest BCUT2D eigenvalue weighted by Gasteiger charge is 2.20. The summed E-state index contributed by atoms with van der Waals surface area (Å²) in [5, 5.41) is 3.19. The van der Waals surface area contributed by atoms with Crippen molar-refractivity contribution in [2.24, 2.45) is 0 Å². The average Bonchev–Trinajstić information content (AvgIpc) is 2.49. The molecule has 0 bridgehead atoms. The van der Waals surface area contributed by atoms with E-state index in [-0.39, 0.29) is 17.0 Å². The van der Waals surface area contributed by atoms with Gasteiger partial charge in [0.15, 0.2) is 0 Å². The van der Waals surface area contributed by atoms with Crippen molar-refractivity contribution in [1.29, 1.82) is 0 Å². The number of amides is 1. The summed E-state index contributed by atoms with van der Waals surface area (Å²) in [4.78, 5) is 26.4. The topological polar surface area (TPSA) is 63.6 Å². The number of aromatic nitrogens is 1. The first-order valence-corrected chi connectivity index (χ1v) is 6.92. The Balaban J connectivity index is 2.12. The van der Waals surface area contributed by atoms with Crippen LogP contribution >= 0.6 is 0 Å². The van der Waals surface area contributed by atoms with Gasteiger partial charge in [0.25, 0.3) is 11.5 Å². The van der Waals surface area contributed by atoms with E-state index in [0.717, 1.165) is 19.5 Å². The lowest BCUT2D eigenvalue weighted by molar-refractivity contribution is 0.0733. The van der Waals surface area contributed by atoms with Crippen LogP contribution in [0.3, 0.4) is 0 Å². The molecule has 1 aromatic heterocycles. The van der Waals surface area contributed by atoms with E-state index >= 15 is 0 Å². The second kappa shape index (κ2) is 7.21. The molecule has 20 heavy (non-hydrogen) atoms. The summed E-state index contributed by atoms with van der Waals surface area (Å²) >= 11 is 0. The van der Waals surface area contributed by atoms with Crippen molar-refractivity contribution in [2.45, 2.75) is 13.0 Å². The lowest BCUT2D eigenvalue weighted by Crippen LogP contribution is -2.47. The molecule has 2 rings (SSSR count). The summed E-state index contributed by atoms with van der Waals surface area (Å²) in [6.07, 6.45) is 2.47. The Kier molecular flexibility index (Phi) is 5.31. The Morgan fingerprint density at radius 3 is 2.85 bits per heavy atom. The second-order valence-electron chi connectivity index (χ2n) is 4.81. The molecule has 1 aliphatic heterocycles. The number of piperazine rings is 1. The smallest absolute Gasteiger partial charge is 0.263 e. The molecule has 1 saturated heterocycles. The summed E-state index contributed by atoms with van der Waals surface area (Å²) in [7, 11) is 1.63. The van der Waals surface area contributed by atoms with Gasteiger partial charge < -0.3 is 19.5 Å². The Hall–Kier alpha value is -1.66. The molecule has 0 saturated carbocycles. The predicted molar refractivity (Wildman–Crippen MR) is 76.0 cm³/mol. The van der Waals surface area contributed by atoms with Crippen LogP contribution in [0.25, 0.3) is 0 Å². The number of carbonyl (C=O) groups is 1. The van der Waals surface area contributed by atoms with Crippen molar-refractivity contribution < 1.29 is 9.53 Å². The van der Waals surface area contributed by atoms with Gasteiger partial charge in [0, 0.05) is 52.6 Å². The molecule has 2 heterocycles. The molecular formula is C14H21N3O3. The van der Waals surface area contributed by atoms with Crippen LogP contribution in [0.1, 0.15) is 16.8 Å². The van der Waals surface area contributed by atoms with Crippen molar-refractivity contribution in [1.82, 2.24) is 14.8 Å². The van der Waals surface area contributed by atoms with Crippen molar-refractivity contribution in [3.8, 4) is 0 Å². The van der Waals surface area contributed by atoms with E-state index in [1.165, 1.54) is 0 Å². The van der Waals surface area contributed by atoms with Crippen LogP contribution in [0, 0.1) is 0 Å². The number of hydrogen-bond acceptors (Lipinski definition) is 4. The Bertz CT molecular complexity index is 507. The molecule has 0 unspecified atom stereocenters. The van der Waals surface area contributed by atoms with Crippen LogP contribution in [0.15, 0.2) is 23.1 Å². The lowest BCUT2D eigenvalue weighted by atomic mass is 10.2. The zero-order valence-corrected chi connectivity index (χ0v) is 11.8. The molecule has 0 atom stereocenters. The molecular weight excluding hydrogens is 258 g/mol. The lowest BCUT2D eigenvalue weighted by Gasteiger charge is -2.27. The number of aryl methyl sites for hydroxylation is 1. The number of pyridine rings is 1. The minimum atomic E-state index is -0.216. The molecule has 0 spiro atoms. The minimum Gasteiger partial charge on any atom is -0.385 e. The fourth-order valence-corrected chi connectivity index (χ4v) is 2.29. The summed E-state index contributed by atoms with van der Waals surface area (Å²) in [5.74, 6) is -0.169. The minimum absolute atomic E-state index is 0.169. The number of hydrogen-bond donors (Lipinski definition) is 1. The first kappa shape index (κ1) is 14.7. The van der Waals surface area contributed by atoms with Gasteiger partial charge in [-0.15, -0.1) is 0 Å². The summed E-state index contributed by atoms with van der Waals surface area (Å²) in [6.45, 7) is 4.02. The fourth-order valence-electron chi connectivity index (χ4n) is 2.29. The molecule has 1 amide bonds. The third kappa shape index (κ3) is 3.46. The van der Waals surface area contributed by atoms with Gasteiger partial charge in [-0.25, -0.2) is 0 Å². The first-order chi connectivity index (χ1) is 9.74. The molecule has 6 heteroatoms. The number of nitrogens with zero attached hydrogens (tertiary/aromatic N) is 2. The van der Waals surface area contributed by atoms with E-state index < -0.39 is 0 Å². The van der Waals surface area contributed by atoms with Crippen LogP contribution in [-0.2, 0) is 11.3 Å². The van der Waals surface area contributed by atoms with Crippen molar-refractivity contribution in [3.63, 3.8) is 0 Å². The van der Waals surface area contributed by atoms with Crippen molar-refractivity contribution in [3.05, 3.63) is 34.2 Å². The molecule has 1 fully saturated rings. The highest BCUT2D eigenvalue weighted by Crippen LogP contribution is 2.02. The molecule has 0 aliphatic carbocycles. The van der Waals surface area contributed by atoms with Crippen molar-refractivity contribution in [2.75, 3.05) is 39.9 Å². The van der Waals surface area contributed by atoms with Crippen LogP contribution in [0.2, 0.25) is 0 Å². The van der Waals surface area contributed by atoms with E-state index in [2.05, 4.69) is 5.32 Å². The molecule has 1 aromatic rings. The normalized spacial score (nSPS) is 15.3. The molecule has 0 radical (unpaired) electrons. The third-order valence-electron chi connectivity index (χ3n) is 3.40. The van der Waals surface area contributed by atoms with E-state index in [0.29, 0.717) is 26.2 Å². The summed E-state index contributed by atoms with van der Waals surface area (Å²) < 4.78 is 6.56. The third-order valence-corrected chi connectivity index (χ3v) is 3.40.